The van der Waals surface area contributed by atoms with Crippen molar-refractivity contribution in [2.24, 2.45) is 11.1 Å². The van der Waals surface area contributed by atoms with Crippen LogP contribution in [0.1, 0.15) is 26.2 Å². The molecule has 0 radical (unpaired) electrons. The van der Waals surface area contributed by atoms with E-state index in [1.54, 1.807) is 12.1 Å². The first-order chi connectivity index (χ1) is 8.90. The van der Waals surface area contributed by atoms with Crippen molar-refractivity contribution in [2.45, 2.75) is 31.1 Å². The van der Waals surface area contributed by atoms with Gasteiger partial charge in [-0.25, -0.2) is 13.6 Å². The van der Waals surface area contributed by atoms with Gasteiger partial charge < -0.3 is 10.6 Å². The van der Waals surface area contributed by atoms with Crippen LogP contribution in [0.5, 0.6) is 0 Å². The molecule has 0 heterocycles. The highest BCUT2D eigenvalue weighted by molar-refractivity contribution is 7.89. The molecule has 0 amide bonds. The van der Waals surface area contributed by atoms with Crippen LogP contribution in [-0.2, 0) is 10.0 Å². The topological polar surface area (TPSA) is 89.4 Å². The number of anilines is 2. The summed E-state index contributed by atoms with van der Waals surface area (Å²) >= 11 is 0. The van der Waals surface area contributed by atoms with Gasteiger partial charge in [0.05, 0.1) is 4.90 Å². The Morgan fingerprint density at radius 3 is 2.47 bits per heavy atom. The monoisotopic (exact) mass is 283 g/mol. The molecule has 0 spiro atoms. The van der Waals surface area contributed by atoms with Crippen LogP contribution in [0, 0.1) is 5.92 Å². The quantitative estimate of drug-likeness (QED) is 0.802. The third kappa shape index (κ3) is 3.39. The number of sulfonamides is 1. The van der Waals surface area contributed by atoms with E-state index in [9.17, 15) is 8.42 Å². The lowest BCUT2D eigenvalue weighted by molar-refractivity contribution is 0.318. The molecule has 0 aromatic heterocycles. The number of nitrogen functional groups attached to an aromatic ring is 1. The smallest absolute Gasteiger partial charge is 0.238 e. The fourth-order valence-electron chi connectivity index (χ4n) is 2.36. The van der Waals surface area contributed by atoms with Gasteiger partial charge in [-0.2, -0.15) is 0 Å². The molecule has 1 aliphatic rings. The number of benzene rings is 1. The van der Waals surface area contributed by atoms with Crippen molar-refractivity contribution < 1.29 is 8.42 Å². The SMILES string of the molecule is CCN(CC1CCC1)c1cc(N)cc(S(N)(=O)=O)c1. The molecular weight excluding hydrogens is 262 g/mol. The van der Waals surface area contributed by atoms with E-state index >= 15 is 0 Å². The zero-order chi connectivity index (χ0) is 14.0. The summed E-state index contributed by atoms with van der Waals surface area (Å²) in [6, 6.07) is 4.81. The van der Waals surface area contributed by atoms with E-state index in [1.165, 1.54) is 25.3 Å². The molecule has 0 unspecified atom stereocenters. The Labute approximate surface area is 114 Å². The molecule has 19 heavy (non-hydrogen) atoms. The average molecular weight is 283 g/mol. The maximum absolute atomic E-state index is 11.4. The molecule has 4 N–H and O–H groups in total. The molecule has 5 nitrogen and oxygen atoms in total. The normalized spacial score (nSPS) is 16.1. The molecule has 1 fully saturated rings. The maximum atomic E-state index is 11.4. The van der Waals surface area contributed by atoms with Crippen molar-refractivity contribution in [1.82, 2.24) is 0 Å². The van der Waals surface area contributed by atoms with Crippen molar-refractivity contribution >= 4 is 21.4 Å². The number of hydrogen-bond donors (Lipinski definition) is 2. The van der Waals surface area contributed by atoms with Crippen molar-refractivity contribution in [3.8, 4) is 0 Å². The molecule has 2 rings (SSSR count). The minimum atomic E-state index is -3.72. The van der Waals surface area contributed by atoms with Gasteiger partial charge in [0, 0.05) is 24.5 Å². The Kier molecular flexibility index (Phi) is 4.01. The van der Waals surface area contributed by atoms with Gasteiger partial charge in [0.2, 0.25) is 10.0 Å². The molecular formula is C13H21N3O2S. The van der Waals surface area contributed by atoms with Crippen LogP contribution in [0.4, 0.5) is 11.4 Å². The summed E-state index contributed by atoms with van der Waals surface area (Å²) in [6.45, 7) is 3.83. The highest BCUT2D eigenvalue weighted by Gasteiger charge is 2.21. The summed E-state index contributed by atoms with van der Waals surface area (Å²) in [7, 11) is -3.72. The maximum Gasteiger partial charge on any atom is 0.238 e. The Morgan fingerprint density at radius 2 is 2.00 bits per heavy atom. The molecule has 0 saturated heterocycles. The Balaban J connectivity index is 2.28. The fraction of sp³-hybridized carbons (Fsp3) is 0.538. The molecule has 0 bridgehead atoms. The zero-order valence-corrected chi connectivity index (χ0v) is 12.0. The zero-order valence-electron chi connectivity index (χ0n) is 11.2. The summed E-state index contributed by atoms with van der Waals surface area (Å²) in [6.07, 6.45) is 3.79. The number of nitrogens with zero attached hydrogens (tertiary/aromatic N) is 1. The first kappa shape index (κ1) is 14.1. The summed E-state index contributed by atoms with van der Waals surface area (Å²) in [4.78, 5) is 2.24. The first-order valence-electron chi connectivity index (χ1n) is 6.58. The van der Waals surface area contributed by atoms with Crippen LogP contribution in [-0.4, -0.2) is 21.5 Å². The minimum Gasteiger partial charge on any atom is -0.399 e. The molecule has 1 saturated carbocycles. The lowest BCUT2D eigenvalue weighted by Gasteiger charge is -2.33. The van der Waals surface area contributed by atoms with E-state index in [0.29, 0.717) is 11.6 Å². The summed E-state index contributed by atoms with van der Waals surface area (Å²) < 4.78 is 22.9. The van der Waals surface area contributed by atoms with E-state index in [-0.39, 0.29) is 4.90 Å². The van der Waals surface area contributed by atoms with Crippen LogP contribution in [0.2, 0.25) is 0 Å². The Hall–Kier alpha value is -1.27. The molecule has 1 aromatic carbocycles. The summed E-state index contributed by atoms with van der Waals surface area (Å²) in [5.74, 6) is 0.708. The van der Waals surface area contributed by atoms with Gasteiger partial charge >= 0.3 is 0 Å². The Morgan fingerprint density at radius 1 is 1.32 bits per heavy atom. The third-order valence-corrected chi connectivity index (χ3v) is 4.59. The van der Waals surface area contributed by atoms with Gasteiger partial charge in [-0.05, 0) is 43.9 Å². The third-order valence-electron chi connectivity index (χ3n) is 3.69. The van der Waals surface area contributed by atoms with E-state index in [2.05, 4.69) is 11.8 Å². The highest BCUT2D eigenvalue weighted by atomic mass is 32.2. The van der Waals surface area contributed by atoms with Crippen LogP contribution in [0.25, 0.3) is 0 Å². The second-order valence-corrected chi connectivity index (χ2v) is 6.70. The molecule has 1 aromatic rings. The van der Waals surface area contributed by atoms with E-state index in [4.69, 9.17) is 10.9 Å². The van der Waals surface area contributed by atoms with Crippen molar-refractivity contribution in [3.05, 3.63) is 18.2 Å². The molecule has 0 atom stereocenters. The predicted octanol–water partition coefficient (Wildman–Crippen LogP) is 1.54. The molecule has 0 aliphatic heterocycles. The average Bonchev–Trinajstić information content (AvgIpc) is 2.25. The lowest BCUT2D eigenvalue weighted by atomic mass is 9.85. The summed E-state index contributed by atoms with van der Waals surface area (Å²) in [5, 5.41) is 5.17. The van der Waals surface area contributed by atoms with Crippen LogP contribution in [0.3, 0.4) is 0 Å². The number of rotatable bonds is 5. The van der Waals surface area contributed by atoms with Gasteiger partial charge in [-0.15, -0.1) is 0 Å². The number of nitrogens with two attached hydrogens (primary N) is 2. The highest BCUT2D eigenvalue weighted by Crippen LogP contribution is 2.30. The minimum absolute atomic E-state index is 0.0783. The van der Waals surface area contributed by atoms with E-state index < -0.39 is 10.0 Å². The van der Waals surface area contributed by atoms with Crippen molar-refractivity contribution in [3.63, 3.8) is 0 Å². The van der Waals surface area contributed by atoms with Gasteiger partial charge in [-0.3, -0.25) is 0 Å². The van der Waals surface area contributed by atoms with Crippen molar-refractivity contribution in [2.75, 3.05) is 23.7 Å². The van der Waals surface area contributed by atoms with Crippen LogP contribution in [0.15, 0.2) is 23.1 Å². The molecule has 1 aliphatic carbocycles. The summed E-state index contributed by atoms with van der Waals surface area (Å²) in [5.41, 5.74) is 7.04. The largest absolute Gasteiger partial charge is 0.399 e. The molecule has 106 valence electrons. The first-order valence-corrected chi connectivity index (χ1v) is 8.13. The van der Waals surface area contributed by atoms with Crippen LogP contribution < -0.4 is 15.8 Å². The number of primary sulfonamides is 1. The van der Waals surface area contributed by atoms with Crippen molar-refractivity contribution in [1.29, 1.82) is 0 Å². The van der Waals surface area contributed by atoms with Gasteiger partial charge in [0.15, 0.2) is 0 Å². The fourth-order valence-corrected chi connectivity index (χ4v) is 2.94. The second-order valence-electron chi connectivity index (χ2n) is 5.14. The number of hydrogen-bond acceptors (Lipinski definition) is 4. The predicted molar refractivity (Wildman–Crippen MR) is 77.5 cm³/mol. The molecule has 6 heteroatoms. The Bertz CT molecular complexity index is 553. The van der Waals surface area contributed by atoms with Gasteiger partial charge in [0.25, 0.3) is 0 Å². The standard InChI is InChI=1S/C13H21N3O2S/c1-2-16(9-10-4-3-5-10)12-6-11(14)7-13(8-12)19(15,17)18/h6-8,10H,2-5,9,14H2,1H3,(H2,15,17,18). The lowest BCUT2D eigenvalue weighted by Crippen LogP contribution is -2.32. The van der Waals surface area contributed by atoms with Gasteiger partial charge in [-0.1, -0.05) is 6.42 Å². The van der Waals surface area contributed by atoms with Crippen LogP contribution >= 0.6 is 0 Å². The van der Waals surface area contributed by atoms with E-state index in [1.807, 2.05) is 0 Å². The van der Waals surface area contributed by atoms with Gasteiger partial charge in [0.1, 0.15) is 0 Å². The second kappa shape index (κ2) is 5.38. The van der Waals surface area contributed by atoms with E-state index in [0.717, 1.165) is 18.8 Å².